The first-order chi connectivity index (χ1) is 16.8. The molecule has 1 unspecified atom stereocenters. The Hall–Kier alpha value is -3.20. The van der Waals surface area contributed by atoms with Crippen LogP contribution in [0, 0.1) is 12.3 Å². The Kier molecular flexibility index (Phi) is 6.13. The average molecular weight is 538 g/mol. The number of tetrazole rings is 1. The number of carbonyl (C=O) groups excluding carboxylic acids is 1. The Balaban J connectivity index is 1.57. The molecule has 0 radical (unpaired) electrons. The first-order valence-corrected chi connectivity index (χ1v) is 12.5. The molecule has 1 aliphatic carbocycles. The number of fused-ring (bicyclic) bond motifs is 1. The number of halogens is 1. The summed E-state index contributed by atoms with van der Waals surface area (Å²) in [5.41, 5.74) is 4.57. The highest BCUT2D eigenvalue weighted by Gasteiger charge is 2.42. The molecule has 8 nitrogen and oxygen atoms in total. The standard InChI is InChI=1S/C26H28BrN5O3/c1-5-34-21-11-17(10-18(27)24(21)35-14-16-9-7-6-8-15(16)2)23-22-19(12-26(3,4)13-20(22)33)28-25-29-30-31-32(23)25/h6-11,23H,5,12-14H2,1-4H3,(H,28,29,31). The molecule has 0 fully saturated rings. The normalized spacial score (nSPS) is 18.5. The van der Waals surface area contributed by atoms with Gasteiger partial charge in [0.05, 0.1) is 11.1 Å². The fourth-order valence-electron chi connectivity index (χ4n) is 4.85. The summed E-state index contributed by atoms with van der Waals surface area (Å²) in [4.78, 5) is 13.4. The molecule has 182 valence electrons. The van der Waals surface area contributed by atoms with E-state index < -0.39 is 6.04 Å². The van der Waals surface area contributed by atoms with Crippen LogP contribution >= 0.6 is 15.9 Å². The summed E-state index contributed by atoms with van der Waals surface area (Å²) < 4.78 is 14.6. The van der Waals surface area contributed by atoms with Crippen molar-refractivity contribution < 1.29 is 14.3 Å². The van der Waals surface area contributed by atoms with Crippen LogP contribution in [0.4, 0.5) is 5.95 Å². The molecule has 1 aliphatic heterocycles. The molecule has 5 rings (SSSR count). The second-order valence-electron chi connectivity index (χ2n) is 9.79. The number of aromatic nitrogens is 4. The maximum atomic E-state index is 13.4. The zero-order valence-electron chi connectivity index (χ0n) is 20.3. The van der Waals surface area contributed by atoms with Crippen LogP contribution in [0.1, 0.15) is 56.3 Å². The van der Waals surface area contributed by atoms with Crippen molar-refractivity contribution in [2.24, 2.45) is 5.41 Å². The van der Waals surface area contributed by atoms with Crippen LogP contribution in [0.3, 0.4) is 0 Å². The van der Waals surface area contributed by atoms with Crippen molar-refractivity contribution in [1.29, 1.82) is 0 Å². The van der Waals surface area contributed by atoms with E-state index in [1.807, 2.05) is 31.2 Å². The molecule has 0 spiro atoms. The van der Waals surface area contributed by atoms with Gasteiger partial charge in [0, 0.05) is 17.7 Å². The Morgan fingerprint density at radius 2 is 2.00 bits per heavy atom. The van der Waals surface area contributed by atoms with Gasteiger partial charge in [-0.05, 0) is 80.9 Å². The van der Waals surface area contributed by atoms with E-state index in [-0.39, 0.29) is 11.2 Å². The summed E-state index contributed by atoms with van der Waals surface area (Å²) in [7, 11) is 0. The van der Waals surface area contributed by atoms with E-state index in [1.54, 1.807) is 4.68 Å². The number of ketones is 1. The highest BCUT2D eigenvalue weighted by molar-refractivity contribution is 9.10. The van der Waals surface area contributed by atoms with Crippen LogP contribution in [-0.4, -0.2) is 32.6 Å². The van der Waals surface area contributed by atoms with Gasteiger partial charge in [-0.3, -0.25) is 4.79 Å². The van der Waals surface area contributed by atoms with Crippen molar-refractivity contribution in [3.8, 4) is 11.5 Å². The van der Waals surface area contributed by atoms with Crippen LogP contribution in [0.2, 0.25) is 0 Å². The zero-order chi connectivity index (χ0) is 24.7. The van der Waals surface area contributed by atoms with E-state index in [9.17, 15) is 4.79 Å². The van der Waals surface area contributed by atoms with Crippen LogP contribution in [-0.2, 0) is 11.4 Å². The highest BCUT2D eigenvalue weighted by Crippen LogP contribution is 2.47. The Labute approximate surface area is 212 Å². The molecule has 0 saturated carbocycles. The maximum absolute atomic E-state index is 13.4. The van der Waals surface area contributed by atoms with E-state index in [2.05, 4.69) is 69.7 Å². The van der Waals surface area contributed by atoms with Gasteiger partial charge in [-0.25, -0.2) is 0 Å². The summed E-state index contributed by atoms with van der Waals surface area (Å²) in [6, 6.07) is 11.6. The molecule has 0 amide bonds. The van der Waals surface area contributed by atoms with Gasteiger partial charge in [0.15, 0.2) is 17.3 Å². The SMILES string of the molecule is CCOc1cc(C2C3=C(CC(C)(C)CC3=O)Nc3nnnn32)cc(Br)c1OCc1ccccc1C. The van der Waals surface area contributed by atoms with Gasteiger partial charge in [-0.1, -0.05) is 43.2 Å². The Morgan fingerprint density at radius 1 is 1.20 bits per heavy atom. The van der Waals surface area contributed by atoms with Crippen LogP contribution in [0.25, 0.3) is 0 Å². The number of rotatable bonds is 6. The van der Waals surface area contributed by atoms with Crippen LogP contribution in [0.5, 0.6) is 11.5 Å². The fraction of sp³-hybridized carbons (Fsp3) is 0.385. The van der Waals surface area contributed by atoms with Gasteiger partial charge in [0.25, 0.3) is 0 Å². The second-order valence-corrected chi connectivity index (χ2v) is 10.6. The van der Waals surface area contributed by atoms with Gasteiger partial charge in [-0.15, -0.1) is 0 Å². The summed E-state index contributed by atoms with van der Waals surface area (Å²) in [5.74, 6) is 1.84. The molecule has 2 aliphatic rings. The lowest BCUT2D eigenvalue weighted by atomic mass is 9.73. The first kappa shape index (κ1) is 23.5. The summed E-state index contributed by atoms with van der Waals surface area (Å²) in [5, 5.41) is 15.5. The van der Waals surface area contributed by atoms with Crippen molar-refractivity contribution in [3.05, 3.63) is 68.8 Å². The third kappa shape index (κ3) is 4.45. The topological polar surface area (TPSA) is 91.2 Å². The minimum Gasteiger partial charge on any atom is -0.490 e. The lowest BCUT2D eigenvalue weighted by Gasteiger charge is -2.38. The minimum atomic E-state index is -0.458. The molecule has 1 atom stereocenters. The van der Waals surface area contributed by atoms with Crippen LogP contribution in [0.15, 0.2) is 52.1 Å². The van der Waals surface area contributed by atoms with E-state index in [4.69, 9.17) is 9.47 Å². The predicted molar refractivity (Wildman–Crippen MR) is 135 cm³/mol. The van der Waals surface area contributed by atoms with E-state index in [0.29, 0.717) is 42.7 Å². The van der Waals surface area contributed by atoms with Gasteiger partial charge in [0.1, 0.15) is 12.6 Å². The minimum absolute atomic E-state index is 0.101. The van der Waals surface area contributed by atoms with Gasteiger partial charge in [0.2, 0.25) is 5.95 Å². The second kappa shape index (κ2) is 9.11. The smallest absolute Gasteiger partial charge is 0.248 e. The van der Waals surface area contributed by atoms with Gasteiger partial charge >= 0.3 is 0 Å². The number of carbonyl (C=O) groups is 1. The molecule has 2 aromatic carbocycles. The first-order valence-electron chi connectivity index (χ1n) is 11.7. The molecular weight excluding hydrogens is 510 g/mol. The molecule has 1 N–H and O–H groups in total. The highest BCUT2D eigenvalue weighted by atomic mass is 79.9. The van der Waals surface area contributed by atoms with Crippen LogP contribution < -0.4 is 14.8 Å². The van der Waals surface area contributed by atoms with Crippen molar-refractivity contribution in [3.63, 3.8) is 0 Å². The van der Waals surface area contributed by atoms with Crippen molar-refractivity contribution in [1.82, 2.24) is 20.2 Å². The molecule has 3 aromatic rings. The summed E-state index contributed by atoms with van der Waals surface area (Å²) in [6.07, 6.45) is 1.22. The van der Waals surface area contributed by atoms with Gasteiger partial charge < -0.3 is 14.8 Å². The number of ether oxygens (including phenoxy) is 2. The molecule has 1 aromatic heterocycles. The van der Waals surface area contributed by atoms with E-state index >= 15 is 0 Å². The number of allylic oxidation sites excluding steroid dienone is 2. The number of nitrogens with zero attached hydrogens (tertiary/aromatic N) is 4. The van der Waals surface area contributed by atoms with Crippen molar-refractivity contribution in [2.75, 3.05) is 11.9 Å². The number of nitrogens with one attached hydrogen (secondary N) is 1. The Bertz CT molecular complexity index is 1330. The number of anilines is 1. The van der Waals surface area contributed by atoms with Crippen molar-refractivity contribution in [2.45, 2.75) is 53.2 Å². The summed E-state index contributed by atoms with van der Waals surface area (Å²) >= 11 is 3.70. The summed E-state index contributed by atoms with van der Waals surface area (Å²) in [6.45, 7) is 9.09. The number of aryl methyl sites for hydroxylation is 1. The largest absolute Gasteiger partial charge is 0.490 e. The number of hydrogen-bond donors (Lipinski definition) is 1. The van der Waals surface area contributed by atoms with Gasteiger partial charge in [-0.2, -0.15) is 4.68 Å². The quantitative estimate of drug-likeness (QED) is 0.451. The molecule has 0 saturated heterocycles. The van der Waals surface area contributed by atoms with E-state index in [0.717, 1.165) is 33.3 Å². The molecular formula is C26H28BrN5O3. The predicted octanol–water partition coefficient (Wildman–Crippen LogP) is 5.38. The lowest BCUT2D eigenvalue weighted by Crippen LogP contribution is -2.36. The number of hydrogen-bond acceptors (Lipinski definition) is 7. The fourth-order valence-corrected chi connectivity index (χ4v) is 5.42. The number of benzene rings is 2. The molecule has 2 heterocycles. The molecule has 9 heteroatoms. The van der Waals surface area contributed by atoms with E-state index in [1.165, 1.54) is 0 Å². The third-order valence-electron chi connectivity index (χ3n) is 6.47. The molecule has 35 heavy (non-hydrogen) atoms. The third-order valence-corrected chi connectivity index (χ3v) is 7.06. The zero-order valence-corrected chi connectivity index (χ0v) is 21.8. The Morgan fingerprint density at radius 3 is 2.77 bits per heavy atom. The number of Topliss-reactive ketones (excluding diaryl/α,β-unsaturated/α-hetero) is 1. The molecule has 0 bridgehead atoms. The average Bonchev–Trinajstić information content (AvgIpc) is 3.25. The van der Waals surface area contributed by atoms with Crippen molar-refractivity contribution >= 4 is 27.7 Å². The maximum Gasteiger partial charge on any atom is 0.248 e. The monoisotopic (exact) mass is 537 g/mol. The lowest BCUT2D eigenvalue weighted by molar-refractivity contribution is -0.118.